The van der Waals surface area contributed by atoms with Crippen LogP contribution in [0, 0.1) is 6.92 Å². The van der Waals surface area contributed by atoms with Crippen molar-refractivity contribution in [2.45, 2.75) is 6.92 Å². The third kappa shape index (κ3) is 2.93. The molecule has 3 aromatic rings. The van der Waals surface area contributed by atoms with E-state index < -0.39 is 0 Å². The fourth-order valence-corrected chi connectivity index (χ4v) is 1.98. The number of hydrogen-bond donors (Lipinski definition) is 2. The van der Waals surface area contributed by atoms with Crippen molar-refractivity contribution >= 4 is 23.3 Å². The van der Waals surface area contributed by atoms with Crippen molar-refractivity contribution in [1.29, 1.82) is 0 Å². The molecule has 0 saturated heterocycles. The van der Waals surface area contributed by atoms with Gasteiger partial charge in [-0.3, -0.25) is 10.1 Å². The molecule has 2 aromatic heterocycles. The highest BCUT2D eigenvalue weighted by atomic mass is 16.1. The second-order valence-corrected chi connectivity index (χ2v) is 4.69. The SMILES string of the molecule is Cc1cn2nc(N=C(N)NC(=O)c3ccccc3)ccc2n1. The van der Waals surface area contributed by atoms with Crippen LogP contribution in [0.1, 0.15) is 16.1 Å². The average molecular weight is 294 g/mol. The third-order valence-corrected chi connectivity index (χ3v) is 2.94. The molecular weight excluding hydrogens is 280 g/mol. The number of benzene rings is 1. The molecule has 0 aliphatic heterocycles. The zero-order valence-corrected chi connectivity index (χ0v) is 11.9. The lowest BCUT2D eigenvalue weighted by atomic mass is 10.2. The monoisotopic (exact) mass is 294 g/mol. The largest absolute Gasteiger partial charge is 0.369 e. The van der Waals surface area contributed by atoms with Gasteiger partial charge in [0, 0.05) is 5.56 Å². The number of nitrogens with two attached hydrogens (primary N) is 1. The minimum Gasteiger partial charge on any atom is -0.369 e. The fraction of sp³-hybridized carbons (Fsp3) is 0.0667. The van der Waals surface area contributed by atoms with Gasteiger partial charge in [-0.05, 0) is 31.2 Å². The van der Waals surface area contributed by atoms with Crippen molar-refractivity contribution in [3.05, 3.63) is 59.9 Å². The number of rotatable bonds is 2. The van der Waals surface area contributed by atoms with E-state index in [1.807, 2.05) is 13.0 Å². The Morgan fingerprint density at radius 2 is 2.00 bits per heavy atom. The van der Waals surface area contributed by atoms with Gasteiger partial charge in [0.25, 0.3) is 5.91 Å². The van der Waals surface area contributed by atoms with E-state index in [0.29, 0.717) is 11.4 Å². The second-order valence-electron chi connectivity index (χ2n) is 4.69. The molecular formula is C15H14N6O. The molecule has 3 rings (SSSR count). The van der Waals surface area contributed by atoms with Crippen molar-refractivity contribution in [2.24, 2.45) is 10.7 Å². The highest BCUT2D eigenvalue weighted by molar-refractivity contribution is 6.05. The van der Waals surface area contributed by atoms with E-state index >= 15 is 0 Å². The Kier molecular flexibility index (Phi) is 3.53. The Hall–Kier alpha value is -3.22. The Balaban J connectivity index is 1.79. The summed E-state index contributed by atoms with van der Waals surface area (Å²) in [5.74, 6) is 0.0507. The first-order valence-corrected chi connectivity index (χ1v) is 6.65. The number of hydrogen-bond acceptors (Lipinski definition) is 4. The topological polar surface area (TPSA) is 97.7 Å². The summed E-state index contributed by atoms with van der Waals surface area (Å²) in [6, 6.07) is 12.2. The molecule has 3 N–H and O–H groups in total. The van der Waals surface area contributed by atoms with Gasteiger partial charge in [0.05, 0.1) is 11.9 Å². The van der Waals surface area contributed by atoms with Crippen LogP contribution >= 0.6 is 0 Å². The summed E-state index contributed by atoms with van der Waals surface area (Å²) < 4.78 is 1.61. The summed E-state index contributed by atoms with van der Waals surface area (Å²) in [6.45, 7) is 1.88. The van der Waals surface area contributed by atoms with Gasteiger partial charge in [0.1, 0.15) is 0 Å². The number of nitrogens with zero attached hydrogens (tertiary/aromatic N) is 4. The van der Waals surface area contributed by atoms with Crippen LogP contribution in [0.4, 0.5) is 5.82 Å². The predicted molar refractivity (Wildman–Crippen MR) is 82.9 cm³/mol. The van der Waals surface area contributed by atoms with Gasteiger partial charge in [0.2, 0.25) is 5.96 Å². The summed E-state index contributed by atoms with van der Waals surface area (Å²) >= 11 is 0. The van der Waals surface area contributed by atoms with Crippen LogP contribution in [0.2, 0.25) is 0 Å². The number of carbonyl (C=O) groups excluding carboxylic acids is 1. The Morgan fingerprint density at radius 1 is 1.23 bits per heavy atom. The van der Waals surface area contributed by atoms with Gasteiger partial charge in [-0.1, -0.05) is 18.2 Å². The third-order valence-electron chi connectivity index (χ3n) is 2.94. The van der Waals surface area contributed by atoms with Gasteiger partial charge < -0.3 is 5.73 Å². The molecule has 2 heterocycles. The lowest BCUT2D eigenvalue weighted by Crippen LogP contribution is -2.36. The molecule has 0 unspecified atom stereocenters. The predicted octanol–water partition coefficient (Wildman–Crippen LogP) is 1.41. The summed E-state index contributed by atoms with van der Waals surface area (Å²) in [6.07, 6.45) is 1.78. The van der Waals surface area contributed by atoms with Crippen LogP contribution in [0.15, 0.2) is 53.7 Å². The summed E-state index contributed by atoms with van der Waals surface area (Å²) in [7, 11) is 0. The lowest BCUT2D eigenvalue weighted by molar-refractivity contribution is 0.0976. The van der Waals surface area contributed by atoms with Crippen LogP contribution in [-0.2, 0) is 0 Å². The first kappa shape index (κ1) is 13.7. The highest BCUT2D eigenvalue weighted by Gasteiger charge is 2.06. The molecule has 22 heavy (non-hydrogen) atoms. The normalized spacial score (nSPS) is 11.6. The number of aliphatic imine (C=N–C) groups is 1. The van der Waals surface area contributed by atoms with E-state index in [1.165, 1.54) is 0 Å². The molecule has 0 aliphatic rings. The average Bonchev–Trinajstić information content (AvgIpc) is 2.87. The lowest BCUT2D eigenvalue weighted by Gasteiger charge is -2.04. The molecule has 7 heteroatoms. The first-order valence-electron chi connectivity index (χ1n) is 6.65. The maximum atomic E-state index is 12.0. The molecule has 1 amide bonds. The van der Waals surface area contributed by atoms with Crippen LogP contribution in [-0.4, -0.2) is 26.5 Å². The molecule has 7 nitrogen and oxygen atoms in total. The summed E-state index contributed by atoms with van der Waals surface area (Å²) in [4.78, 5) is 20.3. The first-order chi connectivity index (χ1) is 10.6. The van der Waals surface area contributed by atoms with Crippen molar-refractivity contribution < 1.29 is 4.79 Å². The summed E-state index contributed by atoms with van der Waals surface area (Å²) in [5, 5.41) is 6.77. The molecule has 0 saturated carbocycles. The maximum absolute atomic E-state index is 12.0. The van der Waals surface area contributed by atoms with Gasteiger partial charge in [-0.15, -0.1) is 5.10 Å². The van der Waals surface area contributed by atoms with Crippen LogP contribution in [0.5, 0.6) is 0 Å². The number of guanidine groups is 1. The molecule has 0 fully saturated rings. The maximum Gasteiger partial charge on any atom is 0.257 e. The minimum atomic E-state index is -0.318. The Bertz CT molecular complexity index is 853. The van der Waals surface area contributed by atoms with Gasteiger partial charge in [-0.25, -0.2) is 9.50 Å². The van der Waals surface area contributed by atoms with E-state index in [0.717, 1.165) is 11.3 Å². The standard InChI is InChI=1S/C15H14N6O/c1-10-9-21-13(17-10)8-7-12(20-21)18-15(16)19-14(22)11-5-3-2-4-6-11/h2-9H,1H3,(H3,16,18,19,20,22). The number of carbonyl (C=O) groups is 1. The highest BCUT2D eigenvalue weighted by Crippen LogP contribution is 2.10. The molecule has 0 aliphatic carbocycles. The number of aromatic nitrogens is 3. The van der Waals surface area contributed by atoms with Crippen LogP contribution < -0.4 is 11.1 Å². The number of nitrogens with one attached hydrogen (secondary N) is 1. The zero-order valence-electron chi connectivity index (χ0n) is 11.9. The van der Waals surface area contributed by atoms with Gasteiger partial charge in [0.15, 0.2) is 11.5 Å². The van der Waals surface area contributed by atoms with E-state index in [-0.39, 0.29) is 11.9 Å². The number of aryl methyl sites for hydroxylation is 1. The number of amides is 1. The molecule has 110 valence electrons. The minimum absolute atomic E-state index is 0.0162. The Labute approximate surface area is 126 Å². The molecule has 1 aromatic carbocycles. The van der Waals surface area contributed by atoms with E-state index in [2.05, 4.69) is 20.4 Å². The van der Waals surface area contributed by atoms with E-state index in [4.69, 9.17) is 5.73 Å². The Morgan fingerprint density at radius 3 is 2.77 bits per heavy atom. The zero-order chi connectivity index (χ0) is 15.5. The number of imidazole rings is 1. The van der Waals surface area contributed by atoms with Crippen LogP contribution in [0.3, 0.4) is 0 Å². The second kappa shape index (κ2) is 5.65. The van der Waals surface area contributed by atoms with Crippen LogP contribution in [0.25, 0.3) is 5.65 Å². The quantitative estimate of drug-likeness (QED) is 0.551. The van der Waals surface area contributed by atoms with Crippen molar-refractivity contribution in [2.75, 3.05) is 0 Å². The van der Waals surface area contributed by atoms with Gasteiger partial charge in [-0.2, -0.15) is 4.99 Å². The smallest absolute Gasteiger partial charge is 0.257 e. The van der Waals surface area contributed by atoms with Crippen molar-refractivity contribution in [1.82, 2.24) is 19.9 Å². The molecule has 0 spiro atoms. The molecule has 0 radical (unpaired) electrons. The van der Waals surface area contributed by atoms with Crippen molar-refractivity contribution in [3.8, 4) is 0 Å². The number of fused-ring (bicyclic) bond motifs is 1. The van der Waals surface area contributed by atoms with E-state index in [9.17, 15) is 4.79 Å². The van der Waals surface area contributed by atoms with Crippen molar-refractivity contribution in [3.63, 3.8) is 0 Å². The van der Waals surface area contributed by atoms with Gasteiger partial charge >= 0.3 is 0 Å². The summed E-state index contributed by atoms with van der Waals surface area (Å²) in [5.41, 5.74) is 7.84. The molecule has 0 atom stereocenters. The fourth-order valence-electron chi connectivity index (χ4n) is 1.98. The van der Waals surface area contributed by atoms with E-state index in [1.54, 1.807) is 47.1 Å². The molecule has 0 bridgehead atoms.